The fraction of sp³-hybridized carbons (Fsp3) is 0.250. The summed E-state index contributed by atoms with van der Waals surface area (Å²) in [5.74, 6) is 0.0746. The van der Waals surface area contributed by atoms with Crippen LogP contribution >= 0.6 is 23.2 Å². The van der Waals surface area contributed by atoms with E-state index in [9.17, 15) is 10.2 Å². The lowest BCUT2D eigenvalue weighted by atomic mass is 10.1. The van der Waals surface area contributed by atoms with E-state index in [1.807, 2.05) is 13.8 Å². The van der Waals surface area contributed by atoms with Crippen LogP contribution in [0.5, 0.6) is 11.5 Å². The van der Waals surface area contributed by atoms with Crippen molar-refractivity contribution in [3.8, 4) is 22.6 Å². The molecule has 0 unspecified atom stereocenters. The summed E-state index contributed by atoms with van der Waals surface area (Å²) >= 11 is 11.6. The van der Waals surface area contributed by atoms with E-state index in [0.29, 0.717) is 0 Å². The zero-order valence-corrected chi connectivity index (χ0v) is 13.4. The molecule has 0 aliphatic carbocycles. The van der Waals surface area contributed by atoms with Crippen molar-refractivity contribution < 1.29 is 14.9 Å². The van der Waals surface area contributed by atoms with Crippen molar-refractivity contribution in [1.82, 2.24) is 0 Å². The van der Waals surface area contributed by atoms with Gasteiger partial charge in [0.1, 0.15) is 11.5 Å². The van der Waals surface area contributed by atoms with Crippen LogP contribution in [0.2, 0.25) is 10.0 Å². The van der Waals surface area contributed by atoms with Gasteiger partial charge in [0.05, 0.1) is 10.0 Å². The van der Waals surface area contributed by atoms with E-state index in [2.05, 4.69) is 0 Å². The number of aromatic hydroxyl groups is 2. The molecule has 0 spiro atoms. The van der Waals surface area contributed by atoms with Crippen molar-refractivity contribution in [2.24, 2.45) is 0 Å². The summed E-state index contributed by atoms with van der Waals surface area (Å²) < 4.78 is 4.83. The van der Waals surface area contributed by atoms with Crippen LogP contribution in [0.1, 0.15) is 13.8 Å². The second kappa shape index (κ2) is 8.78. The molecule has 0 saturated heterocycles. The zero-order chi connectivity index (χ0) is 15.8. The van der Waals surface area contributed by atoms with Crippen LogP contribution in [0.25, 0.3) is 11.1 Å². The van der Waals surface area contributed by atoms with E-state index >= 15 is 0 Å². The van der Waals surface area contributed by atoms with Gasteiger partial charge in [-0.2, -0.15) is 0 Å². The van der Waals surface area contributed by atoms with Crippen LogP contribution < -0.4 is 0 Å². The SMILES string of the molecule is CCOCC.Oc1ccc(-c2ccc(O)c(Cl)c2)cc1Cl. The van der Waals surface area contributed by atoms with Crippen LogP contribution in [0, 0.1) is 0 Å². The molecule has 0 bridgehead atoms. The molecule has 21 heavy (non-hydrogen) atoms. The minimum Gasteiger partial charge on any atom is -0.506 e. The fourth-order valence-corrected chi connectivity index (χ4v) is 1.94. The topological polar surface area (TPSA) is 49.7 Å². The fourth-order valence-electron chi connectivity index (χ4n) is 1.58. The first kappa shape index (κ1) is 17.6. The van der Waals surface area contributed by atoms with Crippen molar-refractivity contribution in [3.05, 3.63) is 46.4 Å². The Labute approximate surface area is 134 Å². The van der Waals surface area contributed by atoms with Gasteiger partial charge in [-0.25, -0.2) is 0 Å². The number of benzene rings is 2. The third-order valence-corrected chi connectivity index (χ3v) is 3.24. The molecule has 2 aromatic rings. The van der Waals surface area contributed by atoms with E-state index in [0.717, 1.165) is 24.3 Å². The molecule has 0 atom stereocenters. The molecular weight excluding hydrogens is 311 g/mol. The molecule has 5 heteroatoms. The van der Waals surface area contributed by atoms with Crippen molar-refractivity contribution in [2.75, 3.05) is 13.2 Å². The molecule has 0 aromatic heterocycles. The Morgan fingerprint density at radius 1 is 0.810 bits per heavy atom. The van der Waals surface area contributed by atoms with Gasteiger partial charge in [0.2, 0.25) is 0 Å². The summed E-state index contributed by atoms with van der Waals surface area (Å²) in [6.45, 7) is 5.67. The quantitative estimate of drug-likeness (QED) is 0.822. The third-order valence-electron chi connectivity index (χ3n) is 2.64. The molecule has 2 rings (SSSR count). The molecular formula is C16H18Cl2O3. The van der Waals surface area contributed by atoms with Gasteiger partial charge in [0.15, 0.2) is 0 Å². The second-order valence-electron chi connectivity index (χ2n) is 4.11. The van der Waals surface area contributed by atoms with Gasteiger partial charge in [-0.05, 0) is 49.2 Å². The highest BCUT2D eigenvalue weighted by molar-refractivity contribution is 6.33. The van der Waals surface area contributed by atoms with Gasteiger partial charge in [-0.3, -0.25) is 0 Å². The first-order chi connectivity index (χ1) is 9.99. The molecule has 0 saturated carbocycles. The van der Waals surface area contributed by atoms with Crippen LogP contribution in [0.4, 0.5) is 0 Å². The average Bonchev–Trinajstić information content (AvgIpc) is 2.46. The largest absolute Gasteiger partial charge is 0.506 e. The molecule has 0 heterocycles. The minimum atomic E-state index is 0.0373. The minimum absolute atomic E-state index is 0.0373. The number of ether oxygens (including phenoxy) is 1. The lowest BCUT2D eigenvalue weighted by molar-refractivity contribution is 0.162. The predicted molar refractivity (Wildman–Crippen MR) is 87.4 cm³/mol. The molecule has 114 valence electrons. The van der Waals surface area contributed by atoms with Gasteiger partial charge >= 0.3 is 0 Å². The van der Waals surface area contributed by atoms with Gasteiger partial charge in [0, 0.05) is 13.2 Å². The molecule has 0 amide bonds. The highest BCUT2D eigenvalue weighted by atomic mass is 35.5. The number of halogens is 2. The maximum Gasteiger partial charge on any atom is 0.134 e. The Hall–Kier alpha value is -1.42. The van der Waals surface area contributed by atoms with E-state index in [1.165, 1.54) is 12.1 Å². The molecule has 2 N–H and O–H groups in total. The molecule has 2 aromatic carbocycles. The standard InChI is InChI=1S/C12H8Cl2O2.C4H10O/c13-9-5-7(1-3-11(9)15)8-2-4-12(16)10(14)6-8;1-3-5-4-2/h1-6,15-16H;3-4H2,1-2H3. The van der Waals surface area contributed by atoms with Gasteiger partial charge in [0.25, 0.3) is 0 Å². The van der Waals surface area contributed by atoms with Gasteiger partial charge in [-0.1, -0.05) is 35.3 Å². The van der Waals surface area contributed by atoms with Crippen LogP contribution in [-0.2, 0) is 4.74 Å². The van der Waals surface area contributed by atoms with Crippen LogP contribution in [0.3, 0.4) is 0 Å². The molecule has 0 radical (unpaired) electrons. The smallest absolute Gasteiger partial charge is 0.134 e. The average molecular weight is 329 g/mol. The number of rotatable bonds is 3. The van der Waals surface area contributed by atoms with Crippen molar-refractivity contribution in [1.29, 1.82) is 0 Å². The molecule has 3 nitrogen and oxygen atoms in total. The monoisotopic (exact) mass is 328 g/mol. The highest BCUT2D eigenvalue weighted by Gasteiger charge is 2.05. The lowest BCUT2D eigenvalue weighted by Crippen LogP contribution is -1.84. The summed E-state index contributed by atoms with van der Waals surface area (Å²) in [6.07, 6.45) is 0. The Kier molecular flexibility index (Phi) is 7.37. The highest BCUT2D eigenvalue weighted by Crippen LogP contribution is 2.33. The van der Waals surface area contributed by atoms with Crippen molar-refractivity contribution in [2.45, 2.75) is 13.8 Å². The molecule has 0 aliphatic rings. The number of hydrogen-bond donors (Lipinski definition) is 2. The summed E-state index contributed by atoms with van der Waals surface area (Å²) in [6, 6.07) is 9.75. The summed E-state index contributed by atoms with van der Waals surface area (Å²) in [4.78, 5) is 0. The summed E-state index contributed by atoms with van der Waals surface area (Å²) in [5.41, 5.74) is 1.65. The Bertz CT molecular complexity index is 534. The Balaban J connectivity index is 0.000000383. The first-order valence-electron chi connectivity index (χ1n) is 6.54. The summed E-state index contributed by atoms with van der Waals surface area (Å²) in [7, 11) is 0. The maximum atomic E-state index is 9.29. The molecule has 0 aliphatic heterocycles. The van der Waals surface area contributed by atoms with E-state index < -0.39 is 0 Å². The molecule has 0 fully saturated rings. The Morgan fingerprint density at radius 3 is 1.43 bits per heavy atom. The number of phenolic OH excluding ortho intramolecular Hbond substituents is 2. The van der Waals surface area contributed by atoms with E-state index in [4.69, 9.17) is 27.9 Å². The maximum absolute atomic E-state index is 9.29. The summed E-state index contributed by atoms with van der Waals surface area (Å²) in [5, 5.41) is 19.1. The third kappa shape index (κ3) is 5.46. The van der Waals surface area contributed by atoms with Gasteiger partial charge < -0.3 is 14.9 Å². The predicted octanol–water partition coefficient (Wildman–Crippen LogP) is 5.11. The Morgan fingerprint density at radius 2 is 1.19 bits per heavy atom. The van der Waals surface area contributed by atoms with E-state index in [-0.39, 0.29) is 21.5 Å². The van der Waals surface area contributed by atoms with E-state index in [1.54, 1.807) is 24.3 Å². The lowest BCUT2D eigenvalue weighted by Gasteiger charge is -2.05. The second-order valence-corrected chi connectivity index (χ2v) is 4.93. The van der Waals surface area contributed by atoms with Crippen molar-refractivity contribution >= 4 is 23.2 Å². The first-order valence-corrected chi connectivity index (χ1v) is 7.30. The normalized spacial score (nSPS) is 9.90. The van der Waals surface area contributed by atoms with Crippen molar-refractivity contribution in [3.63, 3.8) is 0 Å². The van der Waals surface area contributed by atoms with Gasteiger partial charge in [-0.15, -0.1) is 0 Å². The van der Waals surface area contributed by atoms with Crippen LogP contribution in [0.15, 0.2) is 36.4 Å². The zero-order valence-electron chi connectivity index (χ0n) is 11.9. The van der Waals surface area contributed by atoms with Crippen LogP contribution in [-0.4, -0.2) is 23.4 Å². The number of phenols is 2. The number of hydrogen-bond acceptors (Lipinski definition) is 3.